The number of anilines is 2. The molecule has 0 aromatic heterocycles. The fraction of sp³-hybridized carbons (Fsp3) is 0.167. The smallest absolute Gasteiger partial charge is 0.255 e. The summed E-state index contributed by atoms with van der Waals surface area (Å²) in [6.07, 6.45) is 0.288. The van der Waals surface area contributed by atoms with Crippen molar-refractivity contribution in [3.63, 3.8) is 0 Å². The molecule has 0 aliphatic rings. The van der Waals surface area contributed by atoms with E-state index in [0.29, 0.717) is 35.9 Å². The number of nitrogens with one attached hydrogen (secondary N) is 2. The average molecular weight is 404 g/mol. The lowest BCUT2D eigenvalue weighted by atomic mass is 10.1. The number of hydrogen-bond acceptors (Lipinski definition) is 4. The normalized spacial score (nSPS) is 10.3. The Morgan fingerprint density at radius 1 is 0.800 bits per heavy atom. The molecule has 6 heteroatoms. The van der Waals surface area contributed by atoms with Crippen LogP contribution in [0.2, 0.25) is 0 Å². The molecule has 0 saturated carbocycles. The van der Waals surface area contributed by atoms with Crippen LogP contribution in [0.25, 0.3) is 0 Å². The van der Waals surface area contributed by atoms with Crippen molar-refractivity contribution in [2.45, 2.75) is 6.42 Å². The molecule has 0 atom stereocenters. The summed E-state index contributed by atoms with van der Waals surface area (Å²) in [5.74, 6) is 0.312. The predicted molar refractivity (Wildman–Crippen MR) is 117 cm³/mol. The van der Waals surface area contributed by atoms with E-state index in [1.165, 1.54) is 0 Å². The number of rotatable bonds is 9. The van der Waals surface area contributed by atoms with Gasteiger partial charge in [-0.1, -0.05) is 36.4 Å². The first kappa shape index (κ1) is 21.1. The molecule has 6 nitrogen and oxygen atoms in total. The number of carbonyl (C=O) groups is 2. The summed E-state index contributed by atoms with van der Waals surface area (Å²) < 4.78 is 10.4. The van der Waals surface area contributed by atoms with E-state index < -0.39 is 0 Å². The largest absolute Gasteiger partial charge is 0.491 e. The quantitative estimate of drug-likeness (QED) is 0.526. The lowest BCUT2D eigenvalue weighted by Gasteiger charge is -2.10. The van der Waals surface area contributed by atoms with E-state index in [-0.39, 0.29) is 18.2 Å². The van der Waals surface area contributed by atoms with Crippen molar-refractivity contribution in [1.29, 1.82) is 0 Å². The monoisotopic (exact) mass is 404 g/mol. The van der Waals surface area contributed by atoms with Crippen molar-refractivity contribution < 1.29 is 19.1 Å². The van der Waals surface area contributed by atoms with E-state index in [4.69, 9.17) is 9.47 Å². The topological polar surface area (TPSA) is 76.7 Å². The zero-order chi connectivity index (χ0) is 21.2. The highest BCUT2D eigenvalue weighted by atomic mass is 16.5. The summed E-state index contributed by atoms with van der Waals surface area (Å²) in [5.41, 5.74) is 2.66. The third-order valence-corrected chi connectivity index (χ3v) is 4.28. The van der Waals surface area contributed by atoms with Crippen molar-refractivity contribution >= 4 is 23.2 Å². The first-order chi connectivity index (χ1) is 14.6. The van der Waals surface area contributed by atoms with Crippen LogP contribution < -0.4 is 15.4 Å². The second kappa shape index (κ2) is 10.8. The second-order valence-corrected chi connectivity index (χ2v) is 6.61. The predicted octanol–water partition coefficient (Wildman–Crippen LogP) is 4.15. The zero-order valence-electron chi connectivity index (χ0n) is 16.8. The Morgan fingerprint density at radius 2 is 1.50 bits per heavy atom. The Balaban J connectivity index is 1.56. The molecule has 30 heavy (non-hydrogen) atoms. The van der Waals surface area contributed by atoms with Gasteiger partial charge in [-0.15, -0.1) is 0 Å². The molecule has 0 bridgehead atoms. The lowest BCUT2D eigenvalue weighted by Crippen LogP contribution is -2.15. The fourth-order valence-electron chi connectivity index (χ4n) is 2.81. The van der Waals surface area contributed by atoms with E-state index in [1.807, 2.05) is 30.3 Å². The van der Waals surface area contributed by atoms with Gasteiger partial charge in [0.2, 0.25) is 5.91 Å². The van der Waals surface area contributed by atoms with Crippen LogP contribution >= 0.6 is 0 Å². The third kappa shape index (κ3) is 6.46. The number of amides is 2. The lowest BCUT2D eigenvalue weighted by molar-refractivity contribution is -0.115. The molecule has 0 saturated heterocycles. The molecule has 3 rings (SSSR count). The molecule has 0 heterocycles. The van der Waals surface area contributed by atoms with Gasteiger partial charge in [0.25, 0.3) is 5.91 Å². The first-order valence-corrected chi connectivity index (χ1v) is 9.61. The van der Waals surface area contributed by atoms with Gasteiger partial charge >= 0.3 is 0 Å². The Labute approximate surface area is 175 Å². The Morgan fingerprint density at radius 3 is 2.20 bits per heavy atom. The minimum absolute atomic E-state index is 0.117. The molecule has 2 N–H and O–H groups in total. The van der Waals surface area contributed by atoms with E-state index in [1.54, 1.807) is 55.6 Å². The standard InChI is InChI=1S/C24H24N2O4/c1-29-14-15-30-22-12-10-19(11-13-22)24(28)26-21-9-5-8-20(17-21)25-23(27)16-18-6-3-2-4-7-18/h2-13,17H,14-16H2,1H3,(H,25,27)(H,26,28). The number of carbonyl (C=O) groups excluding carboxylic acids is 2. The number of ether oxygens (including phenoxy) is 2. The molecule has 2 amide bonds. The highest BCUT2D eigenvalue weighted by Crippen LogP contribution is 2.18. The average Bonchev–Trinajstić information content (AvgIpc) is 2.75. The molecular weight excluding hydrogens is 380 g/mol. The summed E-state index contributed by atoms with van der Waals surface area (Å²) >= 11 is 0. The van der Waals surface area contributed by atoms with Gasteiger partial charge in [0, 0.05) is 24.0 Å². The second-order valence-electron chi connectivity index (χ2n) is 6.61. The molecule has 0 fully saturated rings. The van der Waals surface area contributed by atoms with Gasteiger partial charge in [0.1, 0.15) is 12.4 Å². The molecule has 3 aromatic carbocycles. The Bertz CT molecular complexity index is 972. The maximum Gasteiger partial charge on any atom is 0.255 e. The summed E-state index contributed by atoms with van der Waals surface area (Å²) in [6.45, 7) is 0.950. The van der Waals surface area contributed by atoms with Gasteiger partial charge in [-0.25, -0.2) is 0 Å². The van der Waals surface area contributed by atoms with Gasteiger partial charge in [0.15, 0.2) is 0 Å². The van der Waals surface area contributed by atoms with E-state index in [9.17, 15) is 9.59 Å². The van der Waals surface area contributed by atoms with E-state index in [2.05, 4.69) is 10.6 Å². The molecule has 3 aromatic rings. The molecule has 0 aliphatic carbocycles. The molecular formula is C24H24N2O4. The van der Waals surface area contributed by atoms with Gasteiger partial charge < -0.3 is 20.1 Å². The summed E-state index contributed by atoms with van der Waals surface area (Å²) in [6, 6.07) is 23.5. The maximum absolute atomic E-state index is 12.5. The van der Waals surface area contributed by atoms with Crippen molar-refractivity contribution in [3.8, 4) is 5.75 Å². The van der Waals surface area contributed by atoms with Gasteiger partial charge in [0.05, 0.1) is 13.0 Å². The third-order valence-electron chi connectivity index (χ3n) is 4.28. The van der Waals surface area contributed by atoms with E-state index in [0.717, 1.165) is 5.56 Å². The minimum Gasteiger partial charge on any atom is -0.491 e. The minimum atomic E-state index is -0.244. The fourth-order valence-corrected chi connectivity index (χ4v) is 2.81. The Hall–Kier alpha value is -3.64. The van der Waals surface area contributed by atoms with Crippen LogP contribution in [0.1, 0.15) is 15.9 Å². The molecule has 0 aliphatic heterocycles. The van der Waals surface area contributed by atoms with Gasteiger partial charge in [-0.3, -0.25) is 9.59 Å². The number of methoxy groups -OCH3 is 1. The van der Waals surface area contributed by atoms with Crippen LogP contribution in [-0.4, -0.2) is 32.1 Å². The maximum atomic E-state index is 12.5. The summed E-state index contributed by atoms with van der Waals surface area (Å²) in [4.78, 5) is 24.7. The van der Waals surface area contributed by atoms with Gasteiger partial charge in [-0.05, 0) is 48.0 Å². The number of hydrogen-bond donors (Lipinski definition) is 2. The Kier molecular flexibility index (Phi) is 7.58. The van der Waals surface area contributed by atoms with Crippen LogP contribution in [0.3, 0.4) is 0 Å². The SMILES string of the molecule is COCCOc1ccc(C(=O)Nc2cccc(NC(=O)Cc3ccccc3)c2)cc1. The molecule has 154 valence electrons. The first-order valence-electron chi connectivity index (χ1n) is 9.61. The summed E-state index contributed by atoms with van der Waals surface area (Å²) in [7, 11) is 1.61. The zero-order valence-corrected chi connectivity index (χ0v) is 16.8. The molecule has 0 spiro atoms. The van der Waals surface area contributed by atoms with Crippen molar-refractivity contribution in [1.82, 2.24) is 0 Å². The van der Waals surface area contributed by atoms with E-state index >= 15 is 0 Å². The van der Waals surface area contributed by atoms with Crippen molar-refractivity contribution in [2.75, 3.05) is 31.0 Å². The van der Waals surface area contributed by atoms with Crippen LogP contribution in [0, 0.1) is 0 Å². The van der Waals surface area contributed by atoms with Gasteiger partial charge in [-0.2, -0.15) is 0 Å². The van der Waals surface area contributed by atoms with Crippen LogP contribution in [-0.2, 0) is 16.0 Å². The highest BCUT2D eigenvalue weighted by Gasteiger charge is 2.08. The summed E-state index contributed by atoms with van der Waals surface area (Å²) in [5, 5.41) is 5.70. The molecule has 0 radical (unpaired) electrons. The number of benzene rings is 3. The van der Waals surface area contributed by atoms with Crippen LogP contribution in [0.15, 0.2) is 78.9 Å². The molecule has 0 unspecified atom stereocenters. The van der Waals surface area contributed by atoms with Crippen molar-refractivity contribution in [2.24, 2.45) is 0 Å². The van der Waals surface area contributed by atoms with Crippen LogP contribution in [0.5, 0.6) is 5.75 Å². The van der Waals surface area contributed by atoms with Crippen LogP contribution in [0.4, 0.5) is 11.4 Å². The van der Waals surface area contributed by atoms with Crippen molar-refractivity contribution in [3.05, 3.63) is 90.0 Å². The highest BCUT2D eigenvalue weighted by molar-refractivity contribution is 6.04.